The summed E-state index contributed by atoms with van der Waals surface area (Å²) in [6.07, 6.45) is 3.00. The summed E-state index contributed by atoms with van der Waals surface area (Å²) >= 11 is 0. The van der Waals surface area contributed by atoms with Gasteiger partial charge in [-0.1, -0.05) is 61.9 Å². The number of alkyl carbamates (subject to hydrolysis) is 1. The van der Waals surface area contributed by atoms with E-state index < -0.39 is 23.0 Å². The summed E-state index contributed by atoms with van der Waals surface area (Å²) in [5, 5.41) is 12.7. The molecule has 7 nitrogen and oxygen atoms in total. The highest BCUT2D eigenvalue weighted by molar-refractivity contribution is 5.93. The van der Waals surface area contributed by atoms with Crippen molar-refractivity contribution in [1.29, 1.82) is 0 Å². The van der Waals surface area contributed by atoms with Gasteiger partial charge in [0.05, 0.1) is 5.41 Å². The Balaban J connectivity index is 1.24. The summed E-state index contributed by atoms with van der Waals surface area (Å²) in [6, 6.07) is 16.3. The van der Waals surface area contributed by atoms with Crippen LogP contribution in [0.25, 0.3) is 11.1 Å². The molecule has 2 aromatic carbocycles. The number of carbonyl (C=O) groups is 3. The maximum atomic E-state index is 13.4. The zero-order valence-electron chi connectivity index (χ0n) is 20.1. The third kappa shape index (κ3) is 4.17. The molecule has 1 saturated heterocycles. The molecule has 0 bridgehead atoms. The second-order valence-electron chi connectivity index (χ2n) is 10.2. The molecule has 3 aliphatic rings. The van der Waals surface area contributed by atoms with Gasteiger partial charge in [-0.05, 0) is 54.4 Å². The molecule has 5 rings (SSSR count). The summed E-state index contributed by atoms with van der Waals surface area (Å²) in [6.45, 7) is 2.87. The Morgan fingerprint density at radius 2 is 1.66 bits per heavy atom. The van der Waals surface area contributed by atoms with Gasteiger partial charge in [0.2, 0.25) is 5.91 Å². The molecule has 1 aliphatic heterocycles. The number of aliphatic carboxylic acids is 1. The molecular weight excluding hydrogens is 444 g/mol. The topological polar surface area (TPSA) is 95.9 Å². The number of carboxylic acids is 1. The second-order valence-corrected chi connectivity index (χ2v) is 10.2. The fourth-order valence-electron chi connectivity index (χ4n) is 5.92. The van der Waals surface area contributed by atoms with E-state index in [1.165, 1.54) is 0 Å². The van der Waals surface area contributed by atoms with Crippen LogP contribution in [0.5, 0.6) is 0 Å². The number of carboxylic acid groups (broad SMARTS) is 1. The van der Waals surface area contributed by atoms with Gasteiger partial charge in [0.1, 0.15) is 12.1 Å². The van der Waals surface area contributed by atoms with Crippen LogP contribution in [0.15, 0.2) is 48.5 Å². The lowest BCUT2D eigenvalue weighted by molar-refractivity contribution is -0.156. The number of rotatable bonds is 7. The summed E-state index contributed by atoms with van der Waals surface area (Å²) in [5.41, 5.74) is 2.70. The number of likely N-dealkylation sites (tertiary alicyclic amines) is 1. The minimum atomic E-state index is -0.976. The highest BCUT2D eigenvalue weighted by atomic mass is 16.5. The molecule has 1 heterocycles. The Bertz CT molecular complexity index is 1110. The van der Waals surface area contributed by atoms with Crippen LogP contribution in [-0.2, 0) is 14.3 Å². The number of fused-ring (bicyclic) bond motifs is 3. The fraction of sp³-hybridized carbons (Fsp3) is 0.464. The van der Waals surface area contributed by atoms with Gasteiger partial charge in [-0.15, -0.1) is 0 Å². The van der Waals surface area contributed by atoms with Gasteiger partial charge < -0.3 is 20.1 Å². The third-order valence-electron chi connectivity index (χ3n) is 7.89. The SMILES string of the molecule is CCCC1(C(=O)O)CCCN(C(=O)C2(NC(=O)OCC3c4ccccc4-c4ccccc43)CC2)C1. The lowest BCUT2D eigenvalue weighted by Crippen LogP contribution is -2.56. The Hall–Kier alpha value is -3.35. The average Bonchev–Trinajstić information content (AvgIpc) is 3.57. The number of nitrogens with one attached hydrogen (secondary N) is 1. The zero-order chi connectivity index (χ0) is 24.6. The predicted molar refractivity (Wildman–Crippen MR) is 131 cm³/mol. The quantitative estimate of drug-likeness (QED) is 0.611. The van der Waals surface area contributed by atoms with E-state index in [1.54, 1.807) is 4.90 Å². The normalized spacial score (nSPS) is 22.1. The van der Waals surface area contributed by atoms with Crippen molar-refractivity contribution in [1.82, 2.24) is 10.2 Å². The molecule has 2 aromatic rings. The van der Waals surface area contributed by atoms with Gasteiger partial charge in [-0.25, -0.2) is 4.79 Å². The standard InChI is InChI=1S/C28H32N2O5/c1-2-12-27(25(32)33)13-7-16-30(18-27)24(31)28(14-15-28)29-26(34)35-17-23-21-10-5-3-8-19(21)20-9-4-6-11-22(20)23/h3-6,8-11,23H,2,7,12-18H2,1H3,(H,29,34)(H,32,33). The minimum Gasteiger partial charge on any atom is -0.481 e. The van der Waals surface area contributed by atoms with Crippen molar-refractivity contribution in [3.63, 3.8) is 0 Å². The van der Waals surface area contributed by atoms with E-state index in [-0.39, 0.29) is 25.0 Å². The number of hydrogen-bond acceptors (Lipinski definition) is 4. The van der Waals surface area contributed by atoms with E-state index >= 15 is 0 Å². The third-order valence-corrected chi connectivity index (χ3v) is 7.89. The first-order valence-electron chi connectivity index (χ1n) is 12.6. The molecule has 0 spiro atoms. The molecule has 0 radical (unpaired) electrons. The number of nitrogens with zero attached hydrogens (tertiary/aromatic N) is 1. The van der Waals surface area contributed by atoms with Gasteiger partial charge >= 0.3 is 12.1 Å². The number of carbonyl (C=O) groups excluding carboxylic acids is 2. The zero-order valence-corrected chi connectivity index (χ0v) is 20.1. The minimum absolute atomic E-state index is 0.0497. The molecular formula is C28H32N2O5. The number of piperidine rings is 1. The summed E-state index contributed by atoms with van der Waals surface area (Å²) < 4.78 is 5.66. The molecule has 1 unspecified atom stereocenters. The number of benzene rings is 2. The fourth-order valence-corrected chi connectivity index (χ4v) is 5.92. The van der Waals surface area contributed by atoms with Crippen LogP contribution in [0, 0.1) is 5.41 Å². The molecule has 35 heavy (non-hydrogen) atoms. The van der Waals surface area contributed by atoms with Crippen LogP contribution in [0.2, 0.25) is 0 Å². The van der Waals surface area contributed by atoms with Crippen LogP contribution in [-0.4, -0.2) is 53.2 Å². The van der Waals surface area contributed by atoms with E-state index in [0.717, 1.165) is 28.7 Å². The van der Waals surface area contributed by atoms with Crippen LogP contribution in [0.1, 0.15) is 62.5 Å². The van der Waals surface area contributed by atoms with Gasteiger partial charge in [-0.3, -0.25) is 9.59 Å². The van der Waals surface area contributed by atoms with Crippen LogP contribution >= 0.6 is 0 Å². The van der Waals surface area contributed by atoms with Gasteiger partial charge in [0.25, 0.3) is 0 Å². The van der Waals surface area contributed by atoms with E-state index in [2.05, 4.69) is 29.6 Å². The molecule has 1 saturated carbocycles. The van der Waals surface area contributed by atoms with Crippen LogP contribution in [0.4, 0.5) is 4.79 Å². The van der Waals surface area contributed by atoms with Crippen molar-refractivity contribution < 1.29 is 24.2 Å². The molecule has 2 amide bonds. The van der Waals surface area contributed by atoms with Crippen molar-refractivity contribution in [2.45, 2.75) is 56.9 Å². The van der Waals surface area contributed by atoms with E-state index in [4.69, 9.17) is 4.74 Å². The summed E-state index contributed by atoms with van der Waals surface area (Å²) in [4.78, 5) is 39.9. The van der Waals surface area contributed by atoms with Crippen molar-refractivity contribution in [3.8, 4) is 11.1 Å². The first-order chi connectivity index (χ1) is 16.9. The van der Waals surface area contributed by atoms with E-state index in [0.29, 0.717) is 38.6 Å². The molecule has 184 valence electrons. The number of ether oxygens (including phenoxy) is 1. The molecule has 2 aliphatic carbocycles. The first kappa shape index (κ1) is 23.4. The Morgan fingerprint density at radius 3 is 2.23 bits per heavy atom. The van der Waals surface area contributed by atoms with Gasteiger partial charge in [-0.2, -0.15) is 0 Å². The number of hydrogen-bond donors (Lipinski definition) is 2. The monoisotopic (exact) mass is 476 g/mol. The summed E-state index contributed by atoms with van der Waals surface area (Å²) in [7, 11) is 0. The maximum Gasteiger partial charge on any atom is 0.408 e. The second kappa shape index (κ2) is 9.02. The van der Waals surface area contributed by atoms with Crippen molar-refractivity contribution in [3.05, 3.63) is 59.7 Å². The van der Waals surface area contributed by atoms with Crippen molar-refractivity contribution in [2.24, 2.45) is 5.41 Å². The Labute approximate surface area is 205 Å². The maximum absolute atomic E-state index is 13.4. The lowest BCUT2D eigenvalue weighted by atomic mass is 9.76. The highest BCUT2D eigenvalue weighted by Crippen LogP contribution is 2.45. The Morgan fingerprint density at radius 1 is 1.03 bits per heavy atom. The lowest BCUT2D eigenvalue weighted by Gasteiger charge is -2.41. The highest BCUT2D eigenvalue weighted by Gasteiger charge is 2.55. The Kier molecular flexibility index (Phi) is 6.03. The van der Waals surface area contributed by atoms with E-state index in [9.17, 15) is 19.5 Å². The van der Waals surface area contributed by atoms with Crippen molar-refractivity contribution >= 4 is 18.0 Å². The largest absolute Gasteiger partial charge is 0.481 e. The molecule has 1 atom stereocenters. The summed E-state index contributed by atoms with van der Waals surface area (Å²) in [5.74, 6) is -1.08. The van der Waals surface area contributed by atoms with E-state index in [1.807, 2.05) is 31.2 Å². The predicted octanol–water partition coefficient (Wildman–Crippen LogP) is 4.55. The van der Waals surface area contributed by atoms with Gasteiger partial charge in [0.15, 0.2) is 0 Å². The van der Waals surface area contributed by atoms with Crippen LogP contribution in [0.3, 0.4) is 0 Å². The smallest absolute Gasteiger partial charge is 0.408 e. The molecule has 2 N–H and O–H groups in total. The molecule has 0 aromatic heterocycles. The molecule has 7 heteroatoms. The van der Waals surface area contributed by atoms with Crippen molar-refractivity contribution in [2.75, 3.05) is 19.7 Å². The number of amides is 2. The van der Waals surface area contributed by atoms with Gasteiger partial charge in [0, 0.05) is 19.0 Å². The van der Waals surface area contributed by atoms with Crippen LogP contribution < -0.4 is 5.32 Å². The first-order valence-corrected chi connectivity index (χ1v) is 12.6. The molecule has 2 fully saturated rings. The average molecular weight is 477 g/mol.